The van der Waals surface area contributed by atoms with Crippen LogP contribution >= 0.6 is 0 Å². The molecular formula is C18H22N4O. The molecule has 1 aromatic heterocycles. The number of benzene rings is 1. The second-order valence-electron chi connectivity index (χ2n) is 5.99. The zero-order chi connectivity index (χ0) is 16.1. The van der Waals surface area contributed by atoms with E-state index in [4.69, 9.17) is 0 Å². The quantitative estimate of drug-likeness (QED) is 0.941. The number of piperidine rings is 1. The van der Waals surface area contributed by atoms with Crippen LogP contribution in [0.3, 0.4) is 0 Å². The number of aromatic nitrogens is 2. The van der Waals surface area contributed by atoms with Crippen molar-refractivity contribution in [1.29, 1.82) is 0 Å². The summed E-state index contributed by atoms with van der Waals surface area (Å²) in [5, 5.41) is 3.08. The van der Waals surface area contributed by atoms with Crippen molar-refractivity contribution in [3.05, 3.63) is 54.0 Å². The number of amides is 1. The van der Waals surface area contributed by atoms with Crippen LogP contribution in [0.5, 0.6) is 0 Å². The molecule has 1 amide bonds. The van der Waals surface area contributed by atoms with E-state index in [1.807, 2.05) is 12.1 Å². The molecule has 5 nitrogen and oxygen atoms in total. The summed E-state index contributed by atoms with van der Waals surface area (Å²) >= 11 is 0. The maximum atomic E-state index is 12.5. The van der Waals surface area contributed by atoms with E-state index in [2.05, 4.69) is 39.2 Å². The number of carbonyl (C=O) groups excluding carboxylic acids is 1. The maximum absolute atomic E-state index is 12.5. The number of anilines is 1. The molecule has 2 aromatic rings. The molecule has 1 aliphatic heterocycles. The second kappa shape index (κ2) is 7.22. The molecule has 1 N–H and O–H groups in total. The monoisotopic (exact) mass is 310 g/mol. The topological polar surface area (TPSA) is 58.1 Å². The molecule has 0 unspecified atom stereocenters. The molecule has 23 heavy (non-hydrogen) atoms. The smallest absolute Gasteiger partial charge is 0.225 e. The SMILES string of the molecule is Cc1ccccc1CNC(=O)[C@H]1CCCN(c2cnccn2)C1. The minimum absolute atomic E-state index is 0.00905. The summed E-state index contributed by atoms with van der Waals surface area (Å²) in [6.07, 6.45) is 7.04. The van der Waals surface area contributed by atoms with Gasteiger partial charge in [-0.25, -0.2) is 4.98 Å². The van der Waals surface area contributed by atoms with Crippen LogP contribution in [0.25, 0.3) is 0 Å². The minimum Gasteiger partial charge on any atom is -0.355 e. The standard InChI is InChI=1S/C18H22N4O/c1-14-5-2-3-6-15(14)11-21-18(23)16-7-4-10-22(13-16)17-12-19-8-9-20-17/h2-3,5-6,8-9,12,16H,4,7,10-11,13H2,1H3,(H,21,23)/t16-/m0/s1. The van der Waals surface area contributed by atoms with Crippen LogP contribution in [0.2, 0.25) is 0 Å². The molecule has 0 radical (unpaired) electrons. The Hall–Kier alpha value is -2.43. The van der Waals surface area contributed by atoms with Crippen LogP contribution in [0, 0.1) is 12.8 Å². The van der Waals surface area contributed by atoms with Gasteiger partial charge >= 0.3 is 0 Å². The van der Waals surface area contributed by atoms with Gasteiger partial charge in [-0.3, -0.25) is 9.78 Å². The summed E-state index contributed by atoms with van der Waals surface area (Å²) in [7, 11) is 0. The molecule has 5 heteroatoms. The molecule has 0 aliphatic carbocycles. The lowest BCUT2D eigenvalue weighted by atomic mass is 9.97. The fourth-order valence-electron chi connectivity index (χ4n) is 2.99. The minimum atomic E-state index is 0.00905. The Labute approximate surface area is 136 Å². The van der Waals surface area contributed by atoms with Crippen molar-refractivity contribution >= 4 is 11.7 Å². The van der Waals surface area contributed by atoms with Gasteiger partial charge in [-0.15, -0.1) is 0 Å². The lowest BCUT2D eigenvalue weighted by molar-refractivity contribution is -0.125. The van der Waals surface area contributed by atoms with Crippen molar-refractivity contribution in [2.24, 2.45) is 5.92 Å². The fraction of sp³-hybridized carbons (Fsp3) is 0.389. The van der Waals surface area contributed by atoms with E-state index in [1.54, 1.807) is 18.6 Å². The van der Waals surface area contributed by atoms with Crippen LogP contribution in [-0.4, -0.2) is 29.0 Å². The summed E-state index contributed by atoms with van der Waals surface area (Å²) < 4.78 is 0. The van der Waals surface area contributed by atoms with E-state index in [0.717, 1.165) is 25.2 Å². The average molecular weight is 310 g/mol. The van der Waals surface area contributed by atoms with Crippen LogP contribution in [0.15, 0.2) is 42.9 Å². The maximum Gasteiger partial charge on any atom is 0.225 e. The van der Waals surface area contributed by atoms with E-state index in [1.165, 1.54) is 11.1 Å². The molecule has 1 atom stereocenters. The molecule has 0 saturated carbocycles. The number of aryl methyl sites for hydroxylation is 1. The normalized spacial score (nSPS) is 17.8. The summed E-state index contributed by atoms with van der Waals surface area (Å²) in [5.41, 5.74) is 2.38. The molecule has 3 rings (SSSR count). The predicted molar refractivity (Wildman–Crippen MR) is 90.0 cm³/mol. The van der Waals surface area contributed by atoms with Crippen molar-refractivity contribution < 1.29 is 4.79 Å². The Morgan fingerprint density at radius 2 is 2.22 bits per heavy atom. The number of carbonyl (C=O) groups is 1. The molecule has 0 spiro atoms. The van der Waals surface area contributed by atoms with Crippen molar-refractivity contribution in [3.8, 4) is 0 Å². The zero-order valence-corrected chi connectivity index (χ0v) is 13.4. The van der Waals surface area contributed by atoms with Gasteiger partial charge in [0, 0.05) is 32.0 Å². The van der Waals surface area contributed by atoms with Crippen molar-refractivity contribution in [3.63, 3.8) is 0 Å². The number of hydrogen-bond donors (Lipinski definition) is 1. The van der Waals surface area contributed by atoms with E-state index >= 15 is 0 Å². The first kappa shape index (κ1) is 15.5. The first-order valence-corrected chi connectivity index (χ1v) is 8.07. The molecular weight excluding hydrogens is 288 g/mol. The summed E-state index contributed by atoms with van der Waals surface area (Å²) in [6, 6.07) is 8.14. The van der Waals surface area contributed by atoms with Gasteiger partial charge in [0.2, 0.25) is 5.91 Å². The van der Waals surface area contributed by atoms with E-state index < -0.39 is 0 Å². The van der Waals surface area contributed by atoms with Crippen LogP contribution in [0.4, 0.5) is 5.82 Å². The molecule has 0 bridgehead atoms. The third-order valence-corrected chi connectivity index (χ3v) is 4.38. The number of nitrogens with one attached hydrogen (secondary N) is 1. The summed E-state index contributed by atoms with van der Waals surface area (Å²) in [6.45, 7) is 4.30. The predicted octanol–water partition coefficient (Wildman–Crippen LogP) is 2.32. The highest BCUT2D eigenvalue weighted by molar-refractivity contribution is 5.79. The molecule has 1 aromatic carbocycles. The van der Waals surface area contributed by atoms with Crippen molar-refractivity contribution in [1.82, 2.24) is 15.3 Å². The van der Waals surface area contributed by atoms with E-state index in [-0.39, 0.29) is 11.8 Å². The zero-order valence-electron chi connectivity index (χ0n) is 13.4. The Morgan fingerprint density at radius 1 is 1.35 bits per heavy atom. The summed E-state index contributed by atoms with van der Waals surface area (Å²) in [4.78, 5) is 23.1. The number of rotatable bonds is 4. The van der Waals surface area contributed by atoms with Crippen LogP contribution < -0.4 is 10.2 Å². The van der Waals surface area contributed by atoms with E-state index in [9.17, 15) is 4.79 Å². The Kier molecular flexibility index (Phi) is 4.86. The molecule has 2 heterocycles. The first-order chi connectivity index (χ1) is 11.2. The second-order valence-corrected chi connectivity index (χ2v) is 5.99. The van der Waals surface area contributed by atoms with Gasteiger partial charge in [-0.2, -0.15) is 0 Å². The van der Waals surface area contributed by atoms with Crippen LogP contribution in [-0.2, 0) is 11.3 Å². The van der Waals surface area contributed by atoms with Gasteiger partial charge in [0.05, 0.1) is 12.1 Å². The van der Waals surface area contributed by atoms with Crippen LogP contribution in [0.1, 0.15) is 24.0 Å². The first-order valence-electron chi connectivity index (χ1n) is 8.07. The number of hydrogen-bond acceptors (Lipinski definition) is 4. The van der Waals surface area contributed by atoms with Gasteiger partial charge in [-0.05, 0) is 30.9 Å². The van der Waals surface area contributed by atoms with E-state index in [0.29, 0.717) is 13.1 Å². The highest BCUT2D eigenvalue weighted by Gasteiger charge is 2.26. The van der Waals surface area contributed by atoms with Gasteiger partial charge in [0.15, 0.2) is 0 Å². The third kappa shape index (κ3) is 3.86. The number of nitrogens with zero attached hydrogens (tertiary/aromatic N) is 3. The van der Waals surface area contributed by atoms with Crippen molar-refractivity contribution in [2.75, 3.05) is 18.0 Å². The lowest BCUT2D eigenvalue weighted by Crippen LogP contribution is -2.43. The van der Waals surface area contributed by atoms with Gasteiger partial charge in [-0.1, -0.05) is 24.3 Å². The Balaban J connectivity index is 1.58. The lowest BCUT2D eigenvalue weighted by Gasteiger charge is -2.32. The molecule has 120 valence electrons. The molecule has 1 aliphatic rings. The van der Waals surface area contributed by atoms with Gasteiger partial charge < -0.3 is 10.2 Å². The molecule has 1 fully saturated rings. The fourth-order valence-corrected chi connectivity index (χ4v) is 2.99. The highest BCUT2D eigenvalue weighted by atomic mass is 16.1. The average Bonchev–Trinajstić information content (AvgIpc) is 2.62. The summed E-state index contributed by atoms with van der Waals surface area (Å²) in [5.74, 6) is 0.987. The van der Waals surface area contributed by atoms with Gasteiger partial charge in [0.1, 0.15) is 5.82 Å². The highest BCUT2D eigenvalue weighted by Crippen LogP contribution is 2.21. The Bertz CT molecular complexity index is 659. The van der Waals surface area contributed by atoms with Crippen molar-refractivity contribution in [2.45, 2.75) is 26.3 Å². The third-order valence-electron chi connectivity index (χ3n) is 4.38. The van der Waals surface area contributed by atoms with Gasteiger partial charge in [0.25, 0.3) is 0 Å². The molecule has 1 saturated heterocycles. The Morgan fingerprint density at radius 3 is 3.00 bits per heavy atom. The largest absolute Gasteiger partial charge is 0.355 e.